The van der Waals surface area contributed by atoms with Crippen LogP contribution in [0.4, 0.5) is 17.3 Å². The van der Waals surface area contributed by atoms with Crippen molar-refractivity contribution in [2.24, 2.45) is 0 Å². The van der Waals surface area contributed by atoms with Crippen LogP contribution in [-0.2, 0) is 9.52 Å². The number of benzene rings is 3. The summed E-state index contributed by atoms with van der Waals surface area (Å²) in [5.41, 5.74) is 4.46. The van der Waals surface area contributed by atoms with Gasteiger partial charge in [-0.15, -0.1) is 0 Å². The number of nitrogens with zero attached hydrogens (tertiary/aromatic N) is 3. The number of hydrogen-bond acceptors (Lipinski definition) is 7. The molecule has 3 N–H and O–H groups in total. The molecule has 5 aromatic rings. The molecule has 226 valence electrons. The fraction of sp³-hybridized carbons (Fsp3) is 0.257. The Hall–Kier alpha value is -4.47. The molecule has 44 heavy (non-hydrogen) atoms. The van der Waals surface area contributed by atoms with Gasteiger partial charge in [0, 0.05) is 59.9 Å². The van der Waals surface area contributed by atoms with E-state index in [0.29, 0.717) is 33.0 Å². The SMILES string of the molecule is C=S(=O)(c1ccccc1)c1ccc(C)c(-c2cc3cnc(Nc4ccc(NC5CCNCC5)cc4)nc3n(C(C)C)c2=O)c1. The van der Waals surface area contributed by atoms with Crippen LogP contribution < -0.4 is 21.5 Å². The molecule has 2 aromatic heterocycles. The molecule has 0 spiro atoms. The first-order valence-electron chi connectivity index (χ1n) is 15.0. The van der Waals surface area contributed by atoms with Gasteiger partial charge >= 0.3 is 0 Å². The molecule has 0 amide bonds. The Balaban J connectivity index is 1.34. The minimum atomic E-state index is -2.76. The smallest absolute Gasteiger partial charge is 0.260 e. The van der Waals surface area contributed by atoms with Gasteiger partial charge in [0.05, 0.1) is 0 Å². The van der Waals surface area contributed by atoms with Gasteiger partial charge in [-0.3, -0.25) is 13.6 Å². The Morgan fingerprint density at radius 1 is 0.932 bits per heavy atom. The summed E-state index contributed by atoms with van der Waals surface area (Å²) in [6, 6.07) is 25.1. The predicted molar refractivity (Wildman–Crippen MR) is 182 cm³/mol. The summed E-state index contributed by atoms with van der Waals surface area (Å²) in [6.07, 6.45) is 3.96. The van der Waals surface area contributed by atoms with Crippen LogP contribution in [0.3, 0.4) is 0 Å². The van der Waals surface area contributed by atoms with Gasteiger partial charge < -0.3 is 16.0 Å². The third-order valence-electron chi connectivity index (χ3n) is 8.14. The van der Waals surface area contributed by atoms with Gasteiger partial charge in [0.1, 0.15) is 5.65 Å². The fourth-order valence-electron chi connectivity index (χ4n) is 5.71. The van der Waals surface area contributed by atoms with E-state index in [0.717, 1.165) is 53.8 Å². The molecular weight excluding hydrogens is 568 g/mol. The highest BCUT2D eigenvalue weighted by Crippen LogP contribution is 2.30. The van der Waals surface area contributed by atoms with E-state index in [1.807, 2.05) is 87.5 Å². The number of pyridine rings is 1. The number of rotatable bonds is 8. The van der Waals surface area contributed by atoms with Crippen molar-refractivity contribution in [2.75, 3.05) is 23.7 Å². The minimum Gasteiger partial charge on any atom is -0.382 e. The van der Waals surface area contributed by atoms with E-state index in [9.17, 15) is 9.00 Å². The molecule has 1 atom stereocenters. The fourth-order valence-corrected chi connectivity index (χ4v) is 7.17. The van der Waals surface area contributed by atoms with Gasteiger partial charge in [-0.05, 0) is 118 Å². The number of nitrogens with one attached hydrogen (secondary N) is 3. The largest absolute Gasteiger partial charge is 0.382 e. The van der Waals surface area contributed by atoms with Crippen LogP contribution in [0.25, 0.3) is 22.2 Å². The van der Waals surface area contributed by atoms with Crippen LogP contribution in [0.1, 0.15) is 38.3 Å². The van der Waals surface area contributed by atoms with E-state index in [2.05, 4.69) is 38.9 Å². The molecule has 1 aliphatic rings. The number of fused-ring (bicyclic) bond motifs is 1. The quantitative estimate of drug-likeness (QED) is 0.176. The van der Waals surface area contributed by atoms with Crippen LogP contribution >= 0.6 is 0 Å². The topological polar surface area (TPSA) is 101 Å². The van der Waals surface area contributed by atoms with Crippen molar-refractivity contribution in [2.45, 2.75) is 55.5 Å². The highest BCUT2D eigenvalue weighted by atomic mass is 32.2. The Morgan fingerprint density at radius 3 is 2.34 bits per heavy atom. The van der Waals surface area contributed by atoms with Crippen molar-refractivity contribution in [1.82, 2.24) is 19.9 Å². The lowest BCUT2D eigenvalue weighted by Crippen LogP contribution is -2.35. The van der Waals surface area contributed by atoms with Crippen LogP contribution in [-0.4, -0.2) is 43.7 Å². The number of anilines is 3. The van der Waals surface area contributed by atoms with E-state index in [-0.39, 0.29) is 11.6 Å². The van der Waals surface area contributed by atoms with E-state index < -0.39 is 9.52 Å². The second kappa shape index (κ2) is 12.3. The first kappa shape index (κ1) is 29.6. The zero-order valence-corrected chi connectivity index (χ0v) is 26.2. The summed E-state index contributed by atoms with van der Waals surface area (Å²) in [6.45, 7) is 7.97. The molecule has 1 aliphatic heterocycles. The summed E-state index contributed by atoms with van der Waals surface area (Å²) >= 11 is 0. The van der Waals surface area contributed by atoms with Gasteiger partial charge in [-0.25, -0.2) is 4.98 Å². The monoisotopic (exact) mass is 606 g/mol. The molecule has 0 bridgehead atoms. The summed E-state index contributed by atoms with van der Waals surface area (Å²) in [7, 11) is -2.76. The van der Waals surface area contributed by atoms with Crippen LogP contribution in [0.5, 0.6) is 0 Å². The summed E-state index contributed by atoms with van der Waals surface area (Å²) < 4.78 is 15.5. The van der Waals surface area contributed by atoms with Crippen molar-refractivity contribution in [1.29, 1.82) is 0 Å². The van der Waals surface area contributed by atoms with Crippen LogP contribution in [0.2, 0.25) is 0 Å². The molecule has 1 fully saturated rings. The third kappa shape index (κ3) is 5.98. The van der Waals surface area contributed by atoms with Crippen molar-refractivity contribution in [3.8, 4) is 11.1 Å². The molecule has 1 unspecified atom stereocenters. The molecule has 9 heteroatoms. The Kier molecular flexibility index (Phi) is 8.25. The van der Waals surface area contributed by atoms with Gasteiger partial charge in [0.25, 0.3) is 5.56 Å². The van der Waals surface area contributed by atoms with Gasteiger partial charge in [-0.2, -0.15) is 4.98 Å². The molecule has 3 aromatic carbocycles. The Morgan fingerprint density at radius 2 is 1.64 bits per heavy atom. The van der Waals surface area contributed by atoms with E-state index >= 15 is 0 Å². The van der Waals surface area contributed by atoms with Gasteiger partial charge in [-0.1, -0.05) is 24.3 Å². The summed E-state index contributed by atoms with van der Waals surface area (Å²) in [5, 5.41) is 11.0. The maximum absolute atomic E-state index is 14.1. The molecule has 0 aliphatic carbocycles. The zero-order valence-electron chi connectivity index (χ0n) is 25.3. The van der Waals surface area contributed by atoms with Crippen LogP contribution in [0, 0.1) is 6.92 Å². The minimum absolute atomic E-state index is 0.155. The lowest BCUT2D eigenvalue weighted by atomic mass is 10.0. The van der Waals surface area contributed by atoms with Crippen LogP contribution in [0.15, 0.2) is 99.6 Å². The first-order chi connectivity index (χ1) is 21.2. The Labute approximate surface area is 258 Å². The normalized spacial score (nSPS) is 15.3. The maximum atomic E-state index is 14.1. The van der Waals surface area contributed by atoms with Gasteiger partial charge in [0.15, 0.2) is 0 Å². The molecule has 1 saturated heterocycles. The lowest BCUT2D eigenvalue weighted by Gasteiger charge is -2.24. The standard InChI is InChI=1S/C35H38N6O2S/c1-23(2)41-33-25(22-37-35(40-33)39-27-13-11-26(12-14-27)38-28-16-18-36-19-17-28)20-32(34(41)42)31-21-30(15-10-24(31)3)44(4,43)29-8-6-5-7-9-29/h5-15,20-23,28,36,38H,4,16-19H2,1-3H3,(H,37,39,40). The highest BCUT2D eigenvalue weighted by Gasteiger charge is 2.19. The van der Waals surface area contributed by atoms with Gasteiger partial charge in [0.2, 0.25) is 5.95 Å². The third-order valence-corrected chi connectivity index (χ3v) is 10.2. The molecule has 0 radical (unpaired) electrons. The van der Waals surface area contributed by atoms with E-state index in [4.69, 9.17) is 4.98 Å². The summed E-state index contributed by atoms with van der Waals surface area (Å²) in [4.78, 5) is 24.7. The van der Waals surface area contributed by atoms with Crippen molar-refractivity contribution < 1.29 is 4.21 Å². The first-order valence-corrected chi connectivity index (χ1v) is 16.7. The number of piperidine rings is 1. The average Bonchev–Trinajstić information content (AvgIpc) is 3.03. The average molecular weight is 607 g/mol. The summed E-state index contributed by atoms with van der Waals surface area (Å²) in [5.74, 6) is 4.49. The second-order valence-electron chi connectivity index (χ2n) is 11.6. The molecule has 8 nitrogen and oxygen atoms in total. The number of hydrogen-bond donors (Lipinski definition) is 3. The zero-order chi connectivity index (χ0) is 30.8. The maximum Gasteiger partial charge on any atom is 0.260 e. The number of aryl methyl sites for hydroxylation is 1. The molecule has 0 saturated carbocycles. The van der Waals surface area contributed by atoms with E-state index in [1.165, 1.54) is 0 Å². The molecule has 6 rings (SSSR count). The second-order valence-corrected chi connectivity index (χ2v) is 13.9. The van der Waals surface area contributed by atoms with Crippen molar-refractivity contribution in [3.63, 3.8) is 0 Å². The lowest BCUT2D eigenvalue weighted by molar-refractivity contribution is 0.479. The number of aromatic nitrogens is 3. The van der Waals surface area contributed by atoms with E-state index in [1.54, 1.807) is 10.8 Å². The van der Waals surface area contributed by atoms with Crippen molar-refractivity contribution >= 4 is 43.7 Å². The van der Waals surface area contributed by atoms with Crippen molar-refractivity contribution in [3.05, 3.63) is 101 Å². The molecular formula is C35H38N6O2S. The molecule has 3 heterocycles. The Bertz CT molecular complexity index is 1960. The highest BCUT2D eigenvalue weighted by molar-refractivity contribution is 8.00. The predicted octanol–water partition coefficient (Wildman–Crippen LogP) is 6.39.